The monoisotopic (exact) mass is 373 g/mol. The van der Waals surface area contributed by atoms with Crippen molar-refractivity contribution in [2.75, 3.05) is 32.1 Å². The van der Waals surface area contributed by atoms with Crippen molar-refractivity contribution in [3.05, 3.63) is 52.7 Å². The number of carbonyl (C=O) groups is 3. The first-order chi connectivity index (χ1) is 12.6. The van der Waals surface area contributed by atoms with Crippen LogP contribution in [0.15, 0.2) is 47.8 Å². The molecule has 7 nitrogen and oxygen atoms in total. The highest BCUT2D eigenvalue weighted by atomic mass is 32.1. The summed E-state index contributed by atoms with van der Waals surface area (Å²) in [7, 11) is 1.28. The van der Waals surface area contributed by atoms with Crippen molar-refractivity contribution >= 4 is 34.9 Å². The minimum Gasteiger partial charge on any atom is -0.467 e. The molecule has 1 aliphatic heterocycles. The summed E-state index contributed by atoms with van der Waals surface area (Å²) in [6.45, 7) is 0.685. The number of anilines is 1. The van der Waals surface area contributed by atoms with E-state index in [1.165, 1.54) is 28.2 Å². The van der Waals surface area contributed by atoms with E-state index in [0.29, 0.717) is 17.1 Å². The maximum Gasteiger partial charge on any atom is 0.330 e. The second-order valence-corrected chi connectivity index (χ2v) is 6.70. The number of carbonyl (C=O) groups excluding carboxylic acids is 3. The van der Waals surface area contributed by atoms with Crippen molar-refractivity contribution in [3.63, 3.8) is 0 Å². The Hall–Kier alpha value is -2.87. The van der Waals surface area contributed by atoms with Crippen LogP contribution < -0.4 is 5.32 Å². The van der Waals surface area contributed by atoms with Gasteiger partial charge in [0.2, 0.25) is 0 Å². The van der Waals surface area contributed by atoms with Crippen molar-refractivity contribution in [1.82, 2.24) is 9.80 Å². The van der Waals surface area contributed by atoms with Crippen molar-refractivity contribution in [1.29, 1.82) is 0 Å². The van der Waals surface area contributed by atoms with Gasteiger partial charge in [-0.3, -0.25) is 4.79 Å². The molecule has 8 heteroatoms. The Morgan fingerprint density at radius 1 is 1.12 bits per heavy atom. The summed E-state index contributed by atoms with van der Waals surface area (Å²) in [5.74, 6) is -0.759. The van der Waals surface area contributed by atoms with Gasteiger partial charge in [-0.05, 0) is 23.6 Å². The molecule has 0 aliphatic carbocycles. The minimum atomic E-state index is -0.829. The van der Waals surface area contributed by atoms with E-state index in [-0.39, 0.29) is 25.0 Å². The lowest BCUT2D eigenvalue weighted by Crippen LogP contribution is -2.60. The van der Waals surface area contributed by atoms with Crippen molar-refractivity contribution < 1.29 is 19.1 Å². The number of nitrogens with zero attached hydrogens (tertiary/aromatic N) is 2. The molecule has 2 heterocycles. The van der Waals surface area contributed by atoms with Crippen LogP contribution in [-0.4, -0.2) is 60.5 Å². The first-order valence-electron chi connectivity index (χ1n) is 8.13. The molecule has 26 heavy (non-hydrogen) atoms. The van der Waals surface area contributed by atoms with Crippen molar-refractivity contribution in [2.45, 2.75) is 6.04 Å². The zero-order valence-corrected chi connectivity index (χ0v) is 15.1. The van der Waals surface area contributed by atoms with Gasteiger partial charge >= 0.3 is 12.0 Å². The van der Waals surface area contributed by atoms with Gasteiger partial charge in [-0.15, -0.1) is 11.3 Å². The predicted octanol–water partition coefficient (Wildman–Crippen LogP) is 2.28. The van der Waals surface area contributed by atoms with Crippen molar-refractivity contribution in [3.8, 4) is 0 Å². The topological polar surface area (TPSA) is 79.0 Å². The Morgan fingerprint density at radius 3 is 2.54 bits per heavy atom. The van der Waals surface area contributed by atoms with Gasteiger partial charge in [-0.1, -0.05) is 24.3 Å². The van der Waals surface area contributed by atoms with Crippen LogP contribution in [0.1, 0.15) is 9.67 Å². The minimum absolute atomic E-state index is 0.0858. The van der Waals surface area contributed by atoms with E-state index in [0.717, 1.165) is 0 Å². The Labute approximate surface area is 155 Å². The largest absolute Gasteiger partial charge is 0.467 e. The number of amides is 3. The van der Waals surface area contributed by atoms with E-state index in [4.69, 9.17) is 4.74 Å². The van der Waals surface area contributed by atoms with Crippen LogP contribution in [0.5, 0.6) is 0 Å². The number of rotatable bonds is 3. The quantitative estimate of drug-likeness (QED) is 0.837. The lowest BCUT2D eigenvalue weighted by Gasteiger charge is -2.39. The van der Waals surface area contributed by atoms with E-state index >= 15 is 0 Å². The number of methoxy groups -OCH3 is 1. The van der Waals surface area contributed by atoms with Gasteiger partial charge in [0, 0.05) is 18.8 Å². The third-order valence-electron chi connectivity index (χ3n) is 4.16. The molecule has 3 rings (SSSR count). The first-order valence-corrected chi connectivity index (χ1v) is 9.01. The number of nitrogens with one attached hydrogen (secondary N) is 1. The number of hydrogen-bond donors (Lipinski definition) is 1. The predicted molar refractivity (Wildman–Crippen MR) is 98.2 cm³/mol. The molecule has 136 valence electrons. The maximum absolute atomic E-state index is 12.7. The van der Waals surface area contributed by atoms with Crippen LogP contribution in [0.4, 0.5) is 10.5 Å². The number of para-hydroxylation sites is 1. The van der Waals surface area contributed by atoms with E-state index in [1.54, 1.807) is 24.3 Å². The Kier molecular flexibility index (Phi) is 5.52. The van der Waals surface area contributed by atoms with E-state index in [1.807, 2.05) is 23.6 Å². The summed E-state index contributed by atoms with van der Waals surface area (Å²) < 4.78 is 4.85. The lowest BCUT2D eigenvalue weighted by atomic mass is 10.1. The number of piperazine rings is 1. The van der Waals surface area contributed by atoms with E-state index in [2.05, 4.69) is 5.32 Å². The van der Waals surface area contributed by atoms with Crippen LogP contribution in [0.3, 0.4) is 0 Å². The lowest BCUT2D eigenvalue weighted by molar-refractivity contribution is -0.147. The first kappa shape index (κ1) is 17.9. The Balaban J connectivity index is 1.72. The fourth-order valence-electron chi connectivity index (χ4n) is 2.81. The van der Waals surface area contributed by atoms with Gasteiger partial charge in [0.25, 0.3) is 5.91 Å². The van der Waals surface area contributed by atoms with Crippen molar-refractivity contribution in [2.24, 2.45) is 0 Å². The number of thiophene rings is 1. The zero-order valence-electron chi connectivity index (χ0n) is 14.3. The Morgan fingerprint density at radius 2 is 1.88 bits per heavy atom. The third kappa shape index (κ3) is 3.85. The maximum atomic E-state index is 12.7. The van der Waals surface area contributed by atoms with Gasteiger partial charge in [0.1, 0.15) is 6.04 Å². The molecular formula is C18H19N3O4S. The number of urea groups is 1. The van der Waals surface area contributed by atoms with Gasteiger partial charge in [-0.2, -0.15) is 0 Å². The van der Waals surface area contributed by atoms with E-state index < -0.39 is 12.0 Å². The molecule has 1 N–H and O–H groups in total. The fraction of sp³-hybridized carbons (Fsp3) is 0.278. The summed E-state index contributed by atoms with van der Waals surface area (Å²) in [5, 5.41) is 4.60. The molecule has 0 bridgehead atoms. The molecule has 1 atom stereocenters. The van der Waals surface area contributed by atoms with Crippen LogP contribution in [0.2, 0.25) is 0 Å². The summed E-state index contributed by atoms with van der Waals surface area (Å²) in [6.07, 6.45) is 0. The Bertz CT molecular complexity index is 779. The van der Waals surface area contributed by atoms with Crippen LogP contribution in [0, 0.1) is 0 Å². The molecule has 1 aromatic carbocycles. The summed E-state index contributed by atoms with van der Waals surface area (Å²) in [6, 6.07) is 11.4. The average molecular weight is 373 g/mol. The summed E-state index contributed by atoms with van der Waals surface area (Å²) >= 11 is 1.32. The smallest absolute Gasteiger partial charge is 0.330 e. The molecule has 0 radical (unpaired) electrons. The molecule has 1 fully saturated rings. The highest BCUT2D eigenvalue weighted by Crippen LogP contribution is 2.19. The standard InChI is InChI=1S/C18H19N3O4S/c1-25-17(23)14-12-20(18(24)19-13-6-3-2-4-7-13)9-10-21(14)16(22)15-8-5-11-26-15/h2-8,11,14H,9-10,12H2,1H3,(H,19,24). The summed E-state index contributed by atoms with van der Waals surface area (Å²) in [4.78, 5) is 40.9. The molecule has 0 spiro atoms. The summed E-state index contributed by atoms with van der Waals surface area (Å²) in [5.41, 5.74) is 0.671. The second-order valence-electron chi connectivity index (χ2n) is 5.76. The van der Waals surface area contributed by atoms with Gasteiger partial charge in [0.15, 0.2) is 0 Å². The number of ether oxygens (including phenoxy) is 1. The number of hydrogen-bond acceptors (Lipinski definition) is 5. The van der Waals surface area contributed by atoms with Gasteiger partial charge in [0.05, 0.1) is 18.5 Å². The highest BCUT2D eigenvalue weighted by molar-refractivity contribution is 7.12. The molecule has 0 saturated carbocycles. The van der Waals surface area contributed by atoms with Gasteiger partial charge in [-0.25, -0.2) is 9.59 Å². The molecule has 1 aliphatic rings. The zero-order chi connectivity index (χ0) is 18.5. The normalized spacial score (nSPS) is 16.9. The second kappa shape index (κ2) is 8.01. The fourth-order valence-corrected chi connectivity index (χ4v) is 3.49. The number of benzene rings is 1. The average Bonchev–Trinajstić information content (AvgIpc) is 3.22. The third-order valence-corrected chi connectivity index (χ3v) is 5.02. The molecule has 1 unspecified atom stereocenters. The molecule has 2 aromatic rings. The van der Waals surface area contributed by atoms with Crippen LogP contribution in [-0.2, 0) is 9.53 Å². The number of esters is 1. The highest BCUT2D eigenvalue weighted by Gasteiger charge is 2.38. The van der Waals surface area contributed by atoms with Crippen LogP contribution in [0.25, 0.3) is 0 Å². The van der Waals surface area contributed by atoms with Crippen LogP contribution >= 0.6 is 11.3 Å². The van der Waals surface area contributed by atoms with E-state index in [9.17, 15) is 14.4 Å². The SMILES string of the molecule is COC(=O)C1CN(C(=O)Nc2ccccc2)CCN1C(=O)c1cccs1. The molecule has 1 aromatic heterocycles. The molecular weight excluding hydrogens is 354 g/mol. The molecule has 3 amide bonds. The molecule has 1 saturated heterocycles. The van der Waals surface area contributed by atoms with Gasteiger partial charge < -0.3 is 19.9 Å².